The Bertz CT molecular complexity index is 1190. The number of ether oxygens (including phenoxy) is 2. The molecule has 2 aromatic carbocycles. The third kappa shape index (κ3) is 2.81. The fourth-order valence-electron chi connectivity index (χ4n) is 3.39. The van der Waals surface area contributed by atoms with Crippen molar-refractivity contribution in [1.82, 2.24) is 9.97 Å². The summed E-state index contributed by atoms with van der Waals surface area (Å²) in [5.74, 6) is 2.10. The van der Waals surface area contributed by atoms with Crippen molar-refractivity contribution < 1.29 is 13.9 Å². The van der Waals surface area contributed by atoms with E-state index in [1.165, 1.54) is 5.56 Å². The summed E-state index contributed by atoms with van der Waals surface area (Å²) in [5.41, 5.74) is 4.36. The molecule has 1 N–H and O–H groups in total. The number of rotatable bonds is 2. The predicted molar refractivity (Wildman–Crippen MR) is 109 cm³/mol. The monoisotopic (exact) mass is 375 g/mol. The van der Waals surface area contributed by atoms with Crippen molar-refractivity contribution in [2.24, 2.45) is 0 Å². The van der Waals surface area contributed by atoms with E-state index in [4.69, 9.17) is 13.9 Å². The van der Waals surface area contributed by atoms with Gasteiger partial charge in [-0.2, -0.15) is 0 Å². The third-order valence-electron chi connectivity index (χ3n) is 4.92. The van der Waals surface area contributed by atoms with Crippen molar-refractivity contribution in [2.75, 3.05) is 18.5 Å². The van der Waals surface area contributed by atoms with E-state index in [2.05, 4.69) is 54.3 Å². The summed E-state index contributed by atoms with van der Waals surface area (Å²) in [5, 5.41) is 4.30. The fraction of sp³-hybridized carbons (Fsp3) is 0.273. The summed E-state index contributed by atoms with van der Waals surface area (Å²) in [6.45, 7) is 7.68. The summed E-state index contributed by atoms with van der Waals surface area (Å²) in [6, 6.07) is 12.0. The highest BCUT2D eigenvalue weighted by Crippen LogP contribution is 2.37. The molecular weight excluding hydrogens is 354 g/mol. The topological polar surface area (TPSA) is 69.4 Å². The molecule has 0 amide bonds. The lowest BCUT2D eigenvalue weighted by Crippen LogP contribution is -2.15. The molecule has 0 fully saturated rings. The number of hydrogen-bond donors (Lipinski definition) is 1. The predicted octanol–water partition coefficient (Wildman–Crippen LogP) is 5.19. The molecule has 2 aromatic heterocycles. The Hall–Kier alpha value is -3.28. The first-order chi connectivity index (χ1) is 13.5. The maximum absolute atomic E-state index is 6.16. The van der Waals surface area contributed by atoms with Crippen LogP contribution in [0.25, 0.3) is 22.1 Å². The molecule has 0 saturated carbocycles. The summed E-state index contributed by atoms with van der Waals surface area (Å²) in [4.78, 5) is 8.84. The molecule has 0 unspecified atom stereocenters. The maximum atomic E-state index is 6.16. The van der Waals surface area contributed by atoms with Crippen molar-refractivity contribution in [1.29, 1.82) is 0 Å². The van der Waals surface area contributed by atoms with Crippen LogP contribution in [0, 0.1) is 0 Å². The van der Waals surface area contributed by atoms with Crippen molar-refractivity contribution in [3.05, 3.63) is 48.3 Å². The first-order valence-electron chi connectivity index (χ1n) is 9.33. The van der Waals surface area contributed by atoms with Gasteiger partial charge in [-0.3, -0.25) is 0 Å². The van der Waals surface area contributed by atoms with E-state index in [-0.39, 0.29) is 5.41 Å². The minimum Gasteiger partial charge on any atom is -0.486 e. The molecule has 0 atom stereocenters. The molecule has 28 heavy (non-hydrogen) atoms. The van der Waals surface area contributed by atoms with Gasteiger partial charge in [-0.05, 0) is 35.2 Å². The number of furan rings is 1. The zero-order valence-corrected chi connectivity index (χ0v) is 16.1. The van der Waals surface area contributed by atoms with Crippen molar-refractivity contribution in [3.8, 4) is 11.5 Å². The van der Waals surface area contributed by atoms with Crippen molar-refractivity contribution >= 4 is 33.6 Å². The number of aromatic nitrogens is 2. The number of benzene rings is 2. The number of hydrogen-bond acceptors (Lipinski definition) is 6. The third-order valence-corrected chi connectivity index (χ3v) is 4.92. The number of nitrogens with zero attached hydrogens (tertiary/aromatic N) is 2. The van der Waals surface area contributed by atoms with Crippen LogP contribution in [0.2, 0.25) is 0 Å². The van der Waals surface area contributed by atoms with Crippen molar-refractivity contribution in [2.45, 2.75) is 26.2 Å². The number of fused-ring (bicyclic) bond motifs is 4. The van der Waals surface area contributed by atoms with Gasteiger partial charge in [-0.25, -0.2) is 9.97 Å². The molecule has 0 saturated heterocycles. The molecule has 4 aromatic rings. The molecule has 0 spiro atoms. The number of anilines is 2. The smallest absolute Gasteiger partial charge is 0.196 e. The first kappa shape index (κ1) is 16.9. The zero-order chi connectivity index (χ0) is 19.3. The van der Waals surface area contributed by atoms with Gasteiger partial charge in [0.15, 0.2) is 22.9 Å². The molecular formula is C22H21N3O3. The second-order valence-electron chi connectivity index (χ2n) is 7.95. The van der Waals surface area contributed by atoms with Crippen LogP contribution in [0.5, 0.6) is 11.5 Å². The summed E-state index contributed by atoms with van der Waals surface area (Å²) in [7, 11) is 0. The van der Waals surface area contributed by atoms with E-state index in [1.54, 1.807) is 6.33 Å². The summed E-state index contributed by atoms with van der Waals surface area (Å²) in [6.07, 6.45) is 1.55. The average Bonchev–Trinajstić information content (AvgIpc) is 3.06. The minimum atomic E-state index is 0.0468. The van der Waals surface area contributed by atoms with Gasteiger partial charge in [0, 0.05) is 17.1 Å². The van der Waals surface area contributed by atoms with Crippen LogP contribution in [-0.4, -0.2) is 23.2 Å². The van der Waals surface area contributed by atoms with Gasteiger partial charge in [0.2, 0.25) is 0 Å². The van der Waals surface area contributed by atoms with Gasteiger partial charge >= 0.3 is 0 Å². The quantitative estimate of drug-likeness (QED) is 0.520. The Morgan fingerprint density at radius 2 is 1.75 bits per heavy atom. The standard InChI is InChI=1S/C22H21N3O3/c1-22(2,3)13-4-6-15-17(10-13)28-20-19(15)23-12-24-21(20)25-14-5-7-16-18(11-14)27-9-8-26-16/h4-7,10-12H,8-9H2,1-3H3,(H,23,24,25). The van der Waals surface area contributed by atoms with Crippen LogP contribution in [0.15, 0.2) is 47.1 Å². The number of nitrogens with one attached hydrogen (secondary N) is 1. The van der Waals surface area contributed by atoms with Gasteiger partial charge < -0.3 is 19.2 Å². The van der Waals surface area contributed by atoms with Gasteiger partial charge in [-0.1, -0.05) is 26.8 Å². The van der Waals surface area contributed by atoms with Crippen LogP contribution in [0.1, 0.15) is 26.3 Å². The maximum Gasteiger partial charge on any atom is 0.196 e. The van der Waals surface area contributed by atoms with Crippen LogP contribution < -0.4 is 14.8 Å². The lowest BCUT2D eigenvalue weighted by atomic mass is 9.87. The Labute approximate surface area is 162 Å². The van der Waals surface area contributed by atoms with Gasteiger partial charge in [0.05, 0.1) is 0 Å². The molecule has 0 aliphatic carbocycles. The highest BCUT2D eigenvalue weighted by molar-refractivity contribution is 6.06. The summed E-state index contributed by atoms with van der Waals surface area (Å²) >= 11 is 0. The summed E-state index contributed by atoms with van der Waals surface area (Å²) < 4.78 is 17.4. The van der Waals surface area contributed by atoms with Gasteiger partial charge in [0.25, 0.3) is 0 Å². The normalized spacial score (nSPS) is 13.8. The van der Waals surface area contributed by atoms with Crippen LogP contribution in [0.4, 0.5) is 11.5 Å². The zero-order valence-electron chi connectivity index (χ0n) is 16.1. The van der Waals surface area contributed by atoms with Gasteiger partial charge in [0.1, 0.15) is 30.6 Å². The second-order valence-corrected chi connectivity index (χ2v) is 7.95. The van der Waals surface area contributed by atoms with Crippen molar-refractivity contribution in [3.63, 3.8) is 0 Å². The molecule has 1 aliphatic heterocycles. The van der Waals surface area contributed by atoms with Crippen LogP contribution in [0.3, 0.4) is 0 Å². The highest BCUT2D eigenvalue weighted by Gasteiger charge is 2.19. The second kappa shape index (κ2) is 6.12. The molecule has 1 aliphatic rings. The molecule has 6 heteroatoms. The van der Waals surface area contributed by atoms with Gasteiger partial charge in [-0.15, -0.1) is 0 Å². The van der Waals surface area contributed by atoms with E-state index >= 15 is 0 Å². The fourth-order valence-corrected chi connectivity index (χ4v) is 3.39. The van der Waals surface area contributed by atoms with Crippen LogP contribution >= 0.6 is 0 Å². The Morgan fingerprint density at radius 1 is 0.929 bits per heavy atom. The highest BCUT2D eigenvalue weighted by atomic mass is 16.6. The minimum absolute atomic E-state index is 0.0468. The van der Waals surface area contributed by atoms with E-state index in [9.17, 15) is 0 Å². The average molecular weight is 375 g/mol. The Morgan fingerprint density at radius 3 is 2.57 bits per heavy atom. The molecule has 3 heterocycles. The molecule has 142 valence electrons. The molecule has 6 nitrogen and oxygen atoms in total. The SMILES string of the molecule is CC(C)(C)c1ccc2c(c1)oc1c(Nc3ccc4c(c3)OCCO4)ncnc12. The Balaban J connectivity index is 1.58. The van der Waals surface area contributed by atoms with Crippen LogP contribution in [-0.2, 0) is 5.41 Å². The largest absolute Gasteiger partial charge is 0.486 e. The lowest BCUT2D eigenvalue weighted by Gasteiger charge is -2.19. The van der Waals surface area contributed by atoms with E-state index < -0.39 is 0 Å². The molecule has 0 bridgehead atoms. The molecule has 5 rings (SSSR count). The lowest BCUT2D eigenvalue weighted by molar-refractivity contribution is 0.171. The van der Waals surface area contributed by atoms with E-state index in [1.807, 2.05) is 18.2 Å². The first-order valence-corrected chi connectivity index (χ1v) is 9.33. The Kier molecular flexibility index (Phi) is 3.69. The van der Waals surface area contributed by atoms with E-state index in [0.29, 0.717) is 24.6 Å². The molecule has 0 radical (unpaired) electrons. The van der Waals surface area contributed by atoms with E-state index in [0.717, 1.165) is 33.7 Å².